The number of anilines is 1. The minimum absolute atomic E-state index is 0.254. The maximum atomic E-state index is 12.1. The highest BCUT2D eigenvalue weighted by atomic mass is 32.2. The Labute approximate surface area is 124 Å². The summed E-state index contributed by atoms with van der Waals surface area (Å²) in [6.45, 7) is 3.01. The van der Waals surface area contributed by atoms with Gasteiger partial charge in [0.1, 0.15) is 16.4 Å². The third-order valence-corrected chi connectivity index (χ3v) is 4.78. The number of para-hydroxylation sites is 1. The predicted octanol–water partition coefficient (Wildman–Crippen LogP) is 2.55. The molecule has 3 rings (SSSR count). The molecular formula is C15H16N2O3S. The molecule has 0 saturated heterocycles. The first-order valence-electron chi connectivity index (χ1n) is 6.72. The lowest BCUT2D eigenvalue weighted by Gasteiger charge is -2.30. The van der Waals surface area contributed by atoms with Gasteiger partial charge in [0, 0.05) is 12.6 Å². The average molecular weight is 304 g/mol. The Morgan fingerprint density at radius 3 is 2.62 bits per heavy atom. The molecule has 0 bridgehead atoms. The SMILES string of the molecule is CCN1CNS(=O)(=O)c2cc(Oc3ccccc3)ccc21. The highest BCUT2D eigenvalue weighted by molar-refractivity contribution is 7.89. The molecule has 0 aromatic heterocycles. The van der Waals surface area contributed by atoms with Crippen LogP contribution in [-0.2, 0) is 10.0 Å². The normalized spacial score (nSPS) is 16.3. The zero-order valence-corrected chi connectivity index (χ0v) is 12.4. The molecule has 6 heteroatoms. The summed E-state index contributed by atoms with van der Waals surface area (Å²) < 4.78 is 32.5. The molecule has 0 saturated carbocycles. The van der Waals surface area contributed by atoms with Crippen LogP contribution in [-0.4, -0.2) is 21.6 Å². The molecule has 1 N–H and O–H groups in total. The van der Waals surface area contributed by atoms with Crippen molar-refractivity contribution >= 4 is 15.7 Å². The van der Waals surface area contributed by atoms with E-state index < -0.39 is 10.0 Å². The van der Waals surface area contributed by atoms with Gasteiger partial charge < -0.3 is 9.64 Å². The molecule has 2 aromatic carbocycles. The smallest absolute Gasteiger partial charge is 0.244 e. The molecule has 0 radical (unpaired) electrons. The third-order valence-electron chi connectivity index (χ3n) is 3.37. The number of ether oxygens (including phenoxy) is 1. The van der Waals surface area contributed by atoms with Gasteiger partial charge >= 0.3 is 0 Å². The van der Waals surface area contributed by atoms with Crippen molar-refractivity contribution in [2.45, 2.75) is 11.8 Å². The summed E-state index contributed by atoms with van der Waals surface area (Å²) in [5.41, 5.74) is 0.705. The number of nitrogens with one attached hydrogen (secondary N) is 1. The van der Waals surface area contributed by atoms with Crippen molar-refractivity contribution in [3.05, 3.63) is 48.5 Å². The first kappa shape index (κ1) is 13.9. The van der Waals surface area contributed by atoms with E-state index in [1.54, 1.807) is 18.2 Å². The first-order valence-corrected chi connectivity index (χ1v) is 8.20. The second kappa shape index (κ2) is 5.38. The summed E-state index contributed by atoms with van der Waals surface area (Å²) in [7, 11) is -3.47. The molecule has 0 spiro atoms. The molecule has 0 atom stereocenters. The molecule has 1 heterocycles. The molecular weight excluding hydrogens is 288 g/mol. The Bertz CT molecular complexity index is 745. The zero-order valence-electron chi connectivity index (χ0n) is 11.6. The highest BCUT2D eigenvalue weighted by Crippen LogP contribution is 2.33. The van der Waals surface area contributed by atoms with E-state index in [0.29, 0.717) is 23.9 Å². The van der Waals surface area contributed by atoms with Gasteiger partial charge in [-0.3, -0.25) is 0 Å². The van der Waals surface area contributed by atoms with E-state index in [-0.39, 0.29) is 4.90 Å². The lowest BCUT2D eigenvalue weighted by atomic mass is 10.2. The molecule has 0 fully saturated rings. The molecule has 5 nitrogen and oxygen atoms in total. The summed E-state index contributed by atoms with van der Waals surface area (Å²) in [4.78, 5) is 2.21. The minimum Gasteiger partial charge on any atom is -0.457 e. The Morgan fingerprint density at radius 1 is 1.14 bits per heavy atom. The van der Waals surface area contributed by atoms with Crippen molar-refractivity contribution in [2.24, 2.45) is 0 Å². The van der Waals surface area contributed by atoms with Crippen molar-refractivity contribution in [3.63, 3.8) is 0 Å². The Balaban J connectivity index is 2.00. The fourth-order valence-electron chi connectivity index (χ4n) is 2.27. The van der Waals surface area contributed by atoms with Crippen LogP contribution in [0.15, 0.2) is 53.4 Å². The van der Waals surface area contributed by atoms with Gasteiger partial charge in [0.2, 0.25) is 10.0 Å². The molecule has 0 unspecified atom stereocenters. The molecule has 110 valence electrons. The summed E-state index contributed by atoms with van der Waals surface area (Å²) in [5.74, 6) is 1.18. The fraction of sp³-hybridized carbons (Fsp3) is 0.200. The monoisotopic (exact) mass is 304 g/mol. The minimum atomic E-state index is -3.47. The highest BCUT2D eigenvalue weighted by Gasteiger charge is 2.27. The zero-order chi connectivity index (χ0) is 14.9. The summed E-state index contributed by atoms with van der Waals surface area (Å²) in [5, 5.41) is 0. The Hall–Kier alpha value is -2.05. The number of hydrogen-bond donors (Lipinski definition) is 1. The van der Waals surface area contributed by atoms with Crippen LogP contribution in [0.5, 0.6) is 11.5 Å². The van der Waals surface area contributed by atoms with Crippen LogP contribution in [0.1, 0.15) is 6.92 Å². The first-order chi connectivity index (χ1) is 10.1. The van der Waals surface area contributed by atoms with Crippen LogP contribution < -0.4 is 14.4 Å². The Morgan fingerprint density at radius 2 is 1.90 bits per heavy atom. The van der Waals surface area contributed by atoms with Crippen molar-refractivity contribution in [3.8, 4) is 11.5 Å². The molecule has 21 heavy (non-hydrogen) atoms. The van der Waals surface area contributed by atoms with Crippen LogP contribution in [0.25, 0.3) is 0 Å². The van der Waals surface area contributed by atoms with Crippen LogP contribution in [0.2, 0.25) is 0 Å². The topological polar surface area (TPSA) is 58.6 Å². The van der Waals surface area contributed by atoms with Crippen LogP contribution in [0.3, 0.4) is 0 Å². The Kier molecular flexibility index (Phi) is 3.57. The van der Waals surface area contributed by atoms with E-state index >= 15 is 0 Å². The van der Waals surface area contributed by atoms with Crippen LogP contribution >= 0.6 is 0 Å². The van der Waals surface area contributed by atoms with E-state index in [2.05, 4.69) is 4.72 Å². The van der Waals surface area contributed by atoms with E-state index in [9.17, 15) is 8.42 Å². The largest absolute Gasteiger partial charge is 0.457 e. The van der Waals surface area contributed by atoms with Gasteiger partial charge in [0.05, 0.1) is 12.4 Å². The van der Waals surface area contributed by atoms with Crippen molar-refractivity contribution in [2.75, 3.05) is 18.1 Å². The van der Waals surface area contributed by atoms with Crippen molar-refractivity contribution in [1.82, 2.24) is 4.72 Å². The number of hydrogen-bond acceptors (Lipinski definition) is 4. The maximum absolute atomic E-state index is 12.1. The standard InChI is InChI=1S/C15H16N2O3S/c1-2-17-11-16-21(18,19)15-10-13(8-9-14(15)17)20-12-6-4-3-5-7-12/h3-10,16H,2,11H2,1H3. The third kappa shape index (κ3) is 2.72. The molecule has 2 aromatic rings. The lowest BCUT2D eigenvalue weighted by molar-refractivity contribution is 0.480. The van der Waals surface area contributed by atoms with Gasteiger partial charge in [-0.2, -0.15) is 4.72 Å². The van der Waals surface area contributed by atoms with Crippen LogP contribution in [0, 0.1) is 0 Å². The van der Waals surface area contributed by atoms with Gasteiger partial charge in [0.15, 0.2) is 0 Å². The van der Waals surface area contributed by atoms with Crippen LogP contribution in [0.4, 0.5) is 5.69 Å². The van der Waals surface area contributed by atoms with E-state index in [1.165, 1.54) is 0 Å². The van der Waals surface area contributed by atoms with E-state index in [1.807, 2.05) is 42.2 Å². The molecule has 1 aliphatic rings. The average Bonchev–Trinajstić information content (AvgIpc) is 2.49. The van der Waals surface area contributed by atoms with Crippen molar-refractivity contribution in [1.29, 1.82) is 0 Å². The number of benzene rings is 2. The predicted molar refractivity (Wildman–Crippen MR) is 81.2 cm³/mol. The molecule has 1 aliphatic heterocycles. The lowest BCUT2D eigenvalue weighted by Crippen LogP contribution is -2.42. The summed E-state index contributed by atoms with van der Waals surface area (Å²) in [6.07, 6.45) is 0. The number of nitrogens with zero attached hydrogens (tertiary/aromatic N) is 1. The summed E-state index contributed by atoms with van der Waals surface area (Å²) in [6, 6.07) is 14.4. The maximum Gasteiger partial charge on any atom is 0.244 e. The fourth-order valence-corrected chi connectivity index (χ4v) is 3.49. The molecule has 0 amide bonds. The van der Waals surface area contributed by atoms with E-state index in [0.717, 1.165) is 6.54 Å². The molecule has 0 aliphatic carbocycles. The number of rotatable bonds is 3. The van der Waals surface area contributed by atoms with Gasteiger partial charge in [-0.25, -0.2) is 8.42 Å². The summed E-state index contributed by atoms with van der Waals surface area (Å²) >= 11 is 0. The van der Waals surface area contributed by atoms with Gasteiger partial charge in [-0.1, -0.05) is 18.2 Å². The number of fused-ring (bicyclic) bond motifs is 1. The number of sulfonamides is 1. The van der Waals surface area contributed by atoms with Crippen molar-refractivity contribution < 1.29 is 13.2 Å². The van der Waals surface area contributed by atoms with Gasteiger partial charge in [-0.15, -0.1) is 0 Å². The van der Waals surface area contributed by atoms with E-state index in [4.69, 9.17) is 4.74 Å². The second-order valence-corrected chi connectivity index (χ2v) is 6.44. The van der Waals surface area contributed by atoms with Gasteiger partial charge in [0.25, 0.3) is 0 Å². The van der Waals surface area contributed by atoms with Gasteiger partial charge in [-0.05, 0) is 31.2 Å². The quantitative estimate of drug-likeness (QED) is 0.947. The second-order valence-electron chi connectivity index (χ2n) is 4.71.